The lowest BCUT2D eigenvalue weighted by Gasteiger charge is -2.21. The van der Waals surface area contributed by atoms with Crippen molar-refractivity contribution >= 4 is 25.7 Å². The maximum atomic E-state index is 13.0. The molecule has 0 saturated carbocycles. The molecule has 0 fully saturated rings. The highest BCUT2D eigenvalue weighted by Crippen LogP contribution is 2.43. The second kappa shape index (κ2) is 60.5. The number of unbranched alkanes of at least 4 members (excludes halogenated alkanes) is 36. The van der Waals surface area contributed by atoms with Crippen molar-refractivity contribution in [2.75, 3.05) is 26.4 Å². The van der Waals surface area contributed by atoms with Crippen LogP contribution in [0.2, 0.25) is 0 Å². The predicted octanol–water partition coefficient (Wildman–Crippen LogP) is 19.7. The van der Waals surface area contributed by atoms with Crippen molar-refractivity contribution in [3.63, 3.8) is 0 Å². The van der Waals surface area contributed by atoms with E-state index in [0.717, 1.165) is 103 Å². The summed E-state index contributed by atoms with van der Waals surface area (Å²) in [6.07, 6.45) is 66.3. The largest absolute Gasteiger partial charge is 0.472 e. The molecule has 3 unspecified atom stereocenters. The van der Waals surface area contributed by atoms with Gasteiger partial charge in [0.2, 0.25) is 0 Å². The highest BCUT2D eigenvalue weighted by Gasteiger charge is 2.28. The summed E-state index contributed by atoms with van der Waals surface area (Å²) in [5.41, 5.74) is 0. The third-order valence-corrected chi connectivity index (χ3v) is 15.2. The van der Waals surface area contributed by atoms with E-state index in [1.165, 1.54) is 154 Å². The number of aliphatic hydroxyl groups excluding tert-OH is 1. The topological polar surface area (TPSA) is 155 Å². The molecule has 11 nitrogen and oxygen atoms in total. The molecule has 0 aromatic heterocycles. The van der Waals surface area contributed by atoms with Gasteiger partial charge in [0.15, 0.2) is 6.10 Å². The van der Waals surface area contributed by atoms with Gasteiger partial charge in [-0.1, -0.05) is 288 Å². The molecule has 0 saturated heterocycles. The van der Waals surface area contributed by atoms with Crippen LogP contribution in [0.4, 0.5) is 0 Å². The van der Waals surface area contributed by atoms with Crippen LogP contribution < -0.4 is 0 Å². The van der Waals surface area contributed by atoms with Crippen LogP contribution in [-0.2, 0) is 42.2 Å². The van der Waals surface area contributed by atoms with Gasteiger partial charge in [-0.25, -0.2) is 4.57 Å². The number of allylic oxidation sites excluding steroid dienone is 8. The fourth-order valence-corrected chi connectivity index (χ4v) is 10.1. The Kier molecular flexibility index (Phi) is 58.5. The number of hydrogen-bond donors (Lipinski definition) is 2. The summed E-state index contributed by atoms with van der Waals surface area (Å²) in [6.45, 7) is 4.59. The smallest absolute Gasteiger partial charge is 0.462 e. The molecule has 78 heavy (non-hydrogen) atoms. The number of hydrogen-bond acceptors (Lipinski definition) is 10. The quantitative estimate of drug-likeness (QED) is 0.0197. The molecule has 456 valence electrons. The zero-order valence-corrected chi connectivity index (χ0v) is 51.5. The maximum Gasteiger partial charge on any atom is 0.472 e. The van der Waals surface area contributed by atoms with Crippen molar-refractivity contribution in [2.24, 2.45) is 0 Å². The van der Waals surface area contributed by atoms with E-state index in [9.17, 15) is 28.9 Å². The van der Waals surface area contributed by atoms with Gasteiger partial charge in [0, 0.05) is 19.3 Å². The zero-order chi connectivity index (χ0) is 56.9. The number of aliphatic hydroxyl groups is 1. The van der Waals surface area contributed by atoms with Crippen molar-refractivity contribution < 1.29 is 52.2 Å². The lowest BCUT2D eigenvalue weighted by Crippen LogP contribution is -2.30. The molecule has 12 heteroatoms. The van der Waals surface area contributed by atoms with Gasteiger partial charge in [-0.2, -0.15) is 0 Å². The average Bonchev–Trinajstić information content (AvgIpc) is 3.43. The van der Waals surface area contributed by atoms with Crippen LogP contribution in [0.3, 0.4) is 0 Å². The highest BCUT2D eigenvalue weighted by atomic mass is 31.2. The van der Waals surface area contributed by atoms with Gasteiger partial charge in [-0.05, 0) is 57.8 Å². The summed E-state index contributed by atoms with van der Waals surface area (Å²) < 4.78 is 39.7. The second-order valence-electron chi connectivity index (χ2n) is 21.9. The van der Waals surface area contributed by atoms with E-state index in [-0.39, 0.29) is 25.9 Å². The maximum absolute atomic E-state index is 13.0. The van der Waals surface area contributed by atoms with Gasteiger partial charge in [0.1, 0.15) is 12.7 Å². The van der Waals surface area contributed by atoms with E-state index < -0.39 is 57.8 Å². The third-order valence-electron chi connectivity index (χ3n) is 14.3. The molecule has 0 amide bonds. The van der Waals surface area contributed by atoms with Gasteiger partial charge >= 0.3 is 25.7 Å². The van der Waals surface area contributed by atoms with Gasteiger partial charge in [0.25, 0.3) is 0 Å². The van der Waals surface area contributed by atoms with Gasteiger partial charge in [-0.15, -0.1) is 0 Å². The Bertz CT molecular complexity index is 1490. The molecule has 0 aliphatic carbocycles. The molecule has 2 N–H and O–H groups in total. The van der Waals surface area contributed by atoms with Crippen LogP contribution in [-0.4, -0.2) is 66.5 Å². The summed E-state index contributed by atoms with van der Waals surface area (Å²) in [5, 5.41) is 9.85. The minimum absolute atomic E-state index is 0.155. The number of carbonyl (C=O) groups excluding carboxylic acids is 3. The normalized spacial score (nSPS) is 13.6. The van der Waals surface area contributed by atoms with E-state index in [1.807, 2.05) is 0 Å². The number of rotatable bonds is 61. The first kappa shape index (κ1) is 75.4. The molecule has 0 bridgehead atoms. The summed E-state index contributed by atoms with van der Waals surface area (Å²) in [5.74, 6) is -1.45. The third kappa shape index (κ3) is 58.1. The van der Waals surface area contributed by atoms with E-state index in [2.05, 4.69) is 69.4 Å². The van der Waals surface area contributed by atoms with E-state index >= 15 is 0 Å². The highest BCUT2D eigenvalue weighted by molar-refractivity contribution is 7.47. The van der Waals surface area contributed by atoms with Crippen molar-refractivity contribution in [2.45, 2.75) is 328 Å². The van der Waals surface area contributed by atoms with Gasteiger partial charge in [0.05, 0.1) is 19.8 Å². The molecule has 0 heterocycles. The Morgan fingerprint density at radius 3 is 1.03 bits per heavy atom. The lowest BCUT2D eigenvalue weighted by molar-refractivity contribution is -0.161. The van der Waals surface area contributed by atoms with Crippen LogP contribution in [0.5, 0.6) is 0 Å². The first-order valence-electron chi connectivity index (χ1n) is 32.5. The molecular weight excluding hydrogens is 1000 g/mol. The zero-order valence-electron chi connectivity index (χ0n) is 50.6. The number of carbonyl (C=O) groups is 3. The Hall–Kier alpha value is -2.56. The van der Waals surface area contributed by atoms with Crippen molar-refractivity contribution in [3.8, 4) is 0 Å². The summed E-state index contributed by atoms with van der Waals surface area (Å²) in [7, 11) is -4.75. The first-order chi connectivity index (χ1) is 38.2. The lowest BCUT2D eigenvalue weighted by atomic mass is 10.0. The Morgan fingerprint density at radius 1 is 0.372 bits per heavy atom. The first-order valence-corrected chi connectivity index (χ1v) is 34.0. The van der Waals surface area contributed by atoms with E-state index in [0.29, 0.717) is 19.3 Å². The van der Waals surface area contributed by atoms with Crippen molar-refractivity contribution in [1.82, 2.24) is 0 Å². The molecule has 0 rings (SSSR count). The van der Waals surface area contributed by atoms with Gasteiger partial charge in [-0.3, -0.25) is 23.4 Å². The molecule has 0 radical (unpaired) electrons. The number of ether oxygens (including phenoxy) is 3. The molecule has 0 aliphatic heterocycles. The standard InChI is InChI=1S/C66H121O11P/c1-4-7-10-13-16-19-22-25-28-30-31-33-36-39-42-45-48-51-54-57-66(70)77-63(59-73-64(68)55-52-49-46-43-40-37-35-32-29-26-23-20-17-14-11-8-5-2)61-75-78(71,72)74-60-62(58-67)76-65(69)56-53-50-47-44-41-38-34-27-24-21-18-15-12-9-6-3/h7,10,16,19,25,28,31,33,62-63,67H,4-6,8-9,11-15,17-18,20-24,26-27,29-30,32,34-61H2,1-3H3,(H,71,72)/b10-7-,19-16-,28-25-,33-31-. The SMILES string of the molecule is CC/C=C\C/C=C\C/C=C\C/C=C\CCCCCCCCC(=O)OC(COC(=O)CCCCCCCCCCCCCCCCCCC)COP(=O)(O)OCC(CO)OC(=O)CCCCCCCCCCCCCCCCC. The Morgan fingerprint density at radius 2 is 0.667 bits per heavy atom. The van der Waals surface area contributed by atoms with Crippen LogP contribution in [0.15, 0.2) is 48.6 Å². The second-order valence-corrected chi connectivity index (χ2v) is 23.4. The van der Waals surface area contributed by atoms with Crippen LogP contribution >= 0.6 is 7.82 Å². The van der Waals surface area contributed by atoms with Crippen LogP contribution in [0.25, 0.3) is 0 Å². The average molecular weight is 1120 g/mol. The molecule has 3 atom stereocenters. The van der Waals surface area contributed by atoms with Gasteiger partial charge < -0.3 is 24.2 Å². The minimum atomic E-state index is -4.75. The molecule has 0 aliphatic rings. The molecular formula is C66H121O11P. The number of phosphoric ester groups is 1. The monoisotopic (exact) mass is 1120 g/mol. The van der Waals surface area contributed by atoms with Crippen molar-refractivity contribution in [1.29, 1.82) is 0 Å². The summed E-state index contributed by atoms with van der Waals surface area (Å²) in [6, 6.07) is 0. The fourth-order valence-electron chi connectivity index (χ4n) is 9.35. The Labute approximate surface area is 479 Å². The number of phosphoric acid groups is 1. The molecule has 0 aromatic rings. The summed E-state index contributed by atoms with van der Waals surface area (Å²) >= 11 is 0. The van der Waals surface area contributed by atoms with E-state index in [4.69, 9.17) is 23.3 Å². The van der Waals surface area contributed by atoms with Crippen LogP contribution in [0, 0.1) is 0 Å². The van der Waals surface area contributed by atoms with Crippen molar-refractivity contribution in [3.05, 3.63) is 48.6 Å². The van der Waals surface area contributed by atoms with E-state index in [1.54, 1.807) is 0 Å². The Balaban J connectivity index is 4.69. The minimum Gasteiger partial charge on any atom is -0.462 e. The molecule has 0 spiro atoms. The predicted molar refractivity (Wildman–Crippen MR) is 325 cm³/mol. The number of esters is 3. The molecule has 0 aromatic carbocycles. The fraction of sp³-hybridized carbons (Fsp3) is 0.833. The summed E-state index contributed by atoms with van der Waals surface area (Å²) in [4.78, 5) is 48.8. The van der Waals surface area contributed by atoms with Crippen LogP contribution in [0.1, 0.15) is 316 Å².